The molecule has 1 aliphatic rings. The van der Waals surface area contributed by atoms with E-state index in [1.165, 1.54) is 29.9 Å². The van der Waals surface area contributed by atoms with E-state index in [2.05, 4.69) is 15.3 Å². The fourth-order valence-corrected chi connectivity index (χ4v) is 5.19. The van der Waals surface area contributed by atoms with E-state index >= 15 is 0 Å². The van der Waals surface area contributed by atoms with Crippen molar-refractivity contribution in [2.75, 3.05) is 5.32 Å². The van der Waals surface area contributed by atoms with E-state index in [1.54, 1.807) is 0 Å². The molecule has 2 N–H and O–H groups in total. The number of carbonyl (C=O) groups is 1. The minimum atomic E-state index is -0.956. The highest BCUT2D eigenvalue weighted by atomic mass is 35.5. The summed E-state index contributed by atoms with van der Waals surface area (Å²) in [5, 5.41) is 5.70. The van der Waals surface area contributed by atoms with Crippen molar-refractivity contribution in [3.05, 3.63) is 54.1 Å². The summed E-state index contributed by atoms with van der Waals surface area (Å²) in [6.07, 6.45) is 5.70. The molecule has 0 bridgehead atoms. The Morgan fingerprint density at radius 2 is 1.97 bits per heavy atom. The van der Waals surface area contributed by atoms with Gasteiger partial charge in [0.25, 0.3) is 5.56 Å². The van der Waals surface area contributed by atoms with Crippen molar-refractivity contribution in [3.63, 3.8) is 0 Å². The smallest absolute Gasteiger partial charge is 0.307 e. The normalized spacial score (nSPS) is 15.8. The summed E-state index contributed by atoms with van der Waals surface area (Å²) in [6.45, 7) is 1.83. The number of aromatic nitrogens is 3. The van der Waals surface area contributed by atoms with Crippen molar-refractivity contribution in [2.45, 2.75) is 51.5 Å². The number of nitrogens with one attached hydrogen (secondary N) is 2. The molecule has 1 fully saturated rings. The molecule has 7 nitrogen and oxygen atoms in total. The number of aryl methyl sites for hydroxylation is 1. The third kappa shape index (κ3) is 4.71. The number of fused-ring (bicyclic) bond motifs is 1. The molecule has 2 heterocycles. The lowest BCUT2D eigenvalue weighted by molar-refractivity contribution is -0.120. The van der Waals surface area contributed by atoms with Crippen LogP contribution in [0.2, 0.25) is 10.0 Å². The molecule has 0 saturated heterocycles. The van der Waals surface area contributed by atoms with E-state index < -0.39 is 23.2 Å². The summed E-state index contributed by atoms with van der Waals surface area (Å²) >= 11 is 13.4. The van der Waals surface area contributed by atoms with E-state index in [-0.39, 0.29) is 26.9 Å². The minimum Gasteiger partial charge on any atom is -0.307 e. The first kappa shape index (κ1) is 22.0. The SMILES string of the molecule is Cc1csc(NC(=O)[C@H](CC2CCCCC2)n2c(=O)[nH]c3cc(Cl)c(Cl)cc3c2=O)n1. The molecule has 1 atom stereocenters. The maximum absolute atomic E-state index is 13.3. The standard InChI is InChI=1S/C21H22Cl2N4O3S/c1-11-10-31-20(24-11)26-18(28)17(7-12-5-3-2-4-6-12)27-19(29)13-8-14(22)15(23)9-16(13)25-21(27)30/h8-10,12,17H,2-7H2,1H3,(H,25,30)(H,24,26,28)/t17-/m0/s1. The fraction of sp³-hybridized carbons (Fsp3) is 0.429. The van der Waals surface area contributed by atoms with Crippen molar-refractivity contribution in [1.29, 1.82) is 0 Å². The number of benzene rings is 1. The molecule has 1 amide bonds. The molecule has 2 aromatic heterocycles. The Balaban J connectivity index is 1.79. The molecule has 0 unspecified atom stereocenters. The second-order valence-electron chi connectivity index (χ2n) is 7.96. The Morgan fingerprint density at radius 1 is 1.26 bits per heavy atom. The van der Waals surface area contributed by atoms with Gasteiger partial charge in [0.05, 0.1) is 26.6 Å². The first-order valence-electron chi connectivity index (χ1n) is 10.2. The predicted molar refractivity (Wildman–Crippen MR) is 125 cm³/mol. The number of thiazole rings is 1. The van der Waals surface area contributed by atoms with Gasteiger partial charge in [-0.2, -0.15) is 0 Å². The van der Waals surface area contributed by atoms with Gasteiger partial charge in [-0.05, 0) is 31.4 Å². The van der Waals surface area contributed by atoms with Crippen molar-refractivity contribution in [2.24, 2.45) is 5.92 Å². The van der Waals surface area contributed by atoms with Gasteiger partial charge in [0, 0.05) is 5.38 Å². The third-order valence-electron chi connectivity index (χ3n) is 5.71. The van der Waals surface area contributed by atoms with E-state index in [1.807, 2.05) is 12.3 Å². The highest BCUT2D eigenvalue weighted by molar-refractivity contribution is 7.13. The molecular weight excluding hydrogens is 459 g/mol. The lowest BCUT2D eigenvalue weighted by atomic mass is 9.84. The van der Waals surface area contributed by atoms with Crippen LogP contribution in [-0.4, -0.2) is 20.4 Å². The first-order valence-corrected chi connectivity index (χ1v) is 11.8. The maximum Gasteiger partial charge on any atom is 0.329 e. The molecular formula is C21H22Cl2N4O3S. The number of hydrogen-bond donors (Lipinski definition) is 2. The molecule has 31 heavy (non-hydrogen) atoms. The Kier molecular flexibility index (Phi) is 6.50. The van der Waals surface area contributed by atoms with Gasteiger partial charge >= 0.3 is 5.69 Å². The summed E-state index contributed by atoms with van der Waals surface area (Å²) < 4.78 is 1.01. The number of nitrogens with zero attached hydrogens (tertiary/aromatic N) is 2. The summed E-state index contributed by atoms with van der Waals surface area (Å²) in [4.78, 5) is 46.4. The second kappa shape index (κ2) is 9.14. The van der Waals surface area contributed by atoms with Crippen LogP contribution in [0.3, 0.4) is 0 Å². The minimum absolute atomic E-state index is 0.205. The van der Waals surface area contributed by atoms with Crippen molar-refractivity contribution in [3.8, 4) is 0 Å². The number of H-pyrrole nitrogens is 1. The van der Waals surface area contributed by atoms with Crippen LogP contribution in [0.5, 0.6) is 0 Å². The molecule has 1 aromatic carbocycles. The number of rotatable bonds is 5. The molecule has 3 aromatic rings. The Morgan fingerprint density at radius 3 is 2.65 bits per heavy atom. The van der Waals surface area contributed by atoms with Gasteiger partial charge < -0.3 is 10.3 Å². The number of anilines is 1. The van der Waals surface area contributed by atoms with E-state index in [9.17, 15) is 14.4 Å². The Labute approximate surface area is 192 Å². The van der Waals surface area contributed by atoms with Crippen LogP contribution in [0.15, 0.2) is 27.1 Å². The van der Waals surface area contributed by atoms with Crippen molar-refractivity contribution < 1.29 is 4.79 Å². The molecule has 1 aliphatic carbocycles. The predicted octanol–water partition coefficient (Wildman–Crippen LogP) is 4.91. The quantitative estimate of drug-likeness (QED) is 0.541. The topological polar surface area (TPSA) is 96.9 Å². The summed E-state index contributed by atoms with van der Waals surface area (Å²) in [7, 11) is 0. The summed E-state index contributed by atoms with van der Waals surface area (Å²) in [5.41, 5.74) is -0.143. The van der Waals surface area contributed by atoms with Gasteiger partial charge in [-0.15, -0.1) is 11.3 Å². The van der Waals surface area contributed by atoms with Crippen molar-refractivity contribution in [1.82, 2.24) is 14.5 Å². The lowest BCUT2D eigenvalue weighted by Gasteiger charge is -2.26. The zero-order chi connectivity index (χ0) is 22.1. The van der Waals surface area contributed by atoms with Gasteiger partial charge in [0.1, 0.15) is 6.04 Å². The van der Waals surface area contributed by atoms with Gasteiger partial charge in [-0.25, -0.2) is 14.3 Å². The molecule has 1 saturated carbocycles. The van der Waals surface area contributed by atoms with Gasteiger partial charge in [0.2, 0.25) is 5.91 Å². The van der Waals surface area contributed by atoms with Crippen LogP contribution in [0.4, 0.5) is 5.13 Å². The zero-order valence-corrected chi connectivity index (χ0v) is 19.2. The first-order chi connectivity index (χ1) is 14.8. The summed E-state index contributed by atoms with van der Waals surface area (Å²) in [6, 6.07) is 1.91. The molecule has 4 rings (SSSR count). The molecule has 0 aliphatic heterocycles. The van der Waals surface area contributed by atoms with Gasteiger partial charge in [-0.3, -0.25) is 9.59 Å². The zero-order valence-electron chi connectivity index (χ0n) is 16.9. The molecule has 0 spiro atoms. The highest BCUT2D eigenvalue weighted by Gasteiger charge is 2.29. The maximum atomic E-state index is 13.3. The average Bonchev–Trinajstić information content (AvgIpc) is 3.14. The molecule has 0 radical (unpaired) electrons. The number of hydrogen-bond acceptors (Lipinski definition) is 5. The van der Waals surface area contributed by atoms with E-state index in [0.29, 0.717) is 11.6 Å². The van der Waals surface area contributed by atoms with Crippen molar-refractivity contribution >= 4 is 56.5 Å². The molecule has 10 heteroatoms. The Bertz CT molecular complexity index is 1240. The number of amides is 1. The van der Waals surface area contributed by atoms with Crippen LogP contribution in [0.1, 0.15) is 50.3 Å². The van der Waals surface area contributed by atoms with Crippen LogP contribution in [-0.2, 0) is 4.79 Å². The van der Waals surface area contributed by atoms with E-state index in [0.717, 1.165) is 35.9 Å². The van der Waals surface area contributed by atoms with Crippen LogP contribution in [0.25, 0.3) is 10.9 Å². The van der Waals surface area contributed by atoms with Crippen LogP contribution in [0, 0.1) is 12.8 Å². The van der Waals surface area contributed by atoms with Gasteiger partial charge in [0.15, 0.2) is 5.13 Å². The van der Waals surface area contributed by atoms with Crippen LogP contribution < -0.4 is 16.6 Å². The number of halogens is 2. The van der Waals surface area contributed by atoms with Crippen LogP contribution >= 0.6 is 34.5 Å². The van der Waals surface area contributed by atoms with E-state index in [4.69, 9.17) is 23.2 Å². The molecule has 164 valence electrons. The largest absolute Gasteiger partial charge is 0.329 e. The number of aromatic amines is 1. The lowest BCUT2D eigenvalue weighted by Crippen LogP contribution is -2.43. The Hall–Kier alpha value is -2.16. The average molecular weight is 481 g/mol. The number of carbonyl (C=O) groups excluding carboxylic acids is 1. The monoisotopic (exact) mass is 480 g/mol. The fourth-order valence-electron chi connectivity index (χ4n) is 4.18. The summed E-state index contributed by atoms with van der Waals surface area (Å²) in [5.74, 6) is -0.162. The highest BCUT2D eigenvalue weighted by Crippen LogP contribution is 2.31. The van der Waals surface area contributed by atoms with Gasteiger partial charge in [-0.1, -0.05) is 55.3 Å². The second-order valence-corrected chi connectivity index (χ2v) is 9.63. The third-order valence-corrected chi connectivity index (χ3v) is 7.31.